The number of carbonyl (C=O) groups is 2. The lowest BCUT2D eigenvalue weighted by atomic mass is 10.0. The van der Waals surface area contributed by atoms with Gasteiger partial charge >= 0.3 is 12.1 Å². The number of rotatable bonds is 19. The highest BCUT2D eigenvalue weighted by Gasteiger charge is 2.52. The number of nitrogens with one attached hydrogen (secondary N) is 1. The van der Waals surface area contributed by atoms with Crippen molar-refractivity contribution in [2.75, 3.05) is 18.8 Å². The first-order chi connectivity index (χ1) is 20.9. The van der Waals surface area contributed by atoms with Crippen molar-refractivity contribution in [1.82, 2.24) is 10.2 Å². The van der Waals surface area contributed by atoms with Gasteiger partial charge in [-0.1, -0.05) is 57.0 Å². The number of nitrogens with zero attached hydrogens (tertiary/aromatic N) is 1. The van der Waals surface area contributed by atoms with Gasteiger partial charge in [0.1, 0.15) is 18.2 Å². The van der Waals surface area contributed by atoms with Gasteiger partial charge in [-0.05, 0) is 74.2 Å². The van der Waals surface area contributed by atoms with Crippen LogP contribution in [0.15, 0.2) is 48.5 Å². The fourth-order valence-corrected chi connectivity index (χ4v) is 7.51. The maximum atomic E-state index is 14.0. The van der Waals surface area contributed by atoms with E-state index in [-0.39, 0.29) is 37.6 Å². The Morgan fingerprint density at radius 1 is 1.07 bits per heavy atom. The molecule has 2 aromatic carbocycles. The molecule has 0 heterocycles. The van der Waals surface area contributed by atoms with Crippen LogP contribution in [0.5, 0.6) is 0 Å². The van der Waals surface area contributed by atoms with E-state index in [1.165, 1.54) is 0 Å². The van der Waals surface area contributed by atoms with E-state index in [1.807, 2.05) is 13.8 Å². The van der Waals surface area contributed by atoms with E-state index in [2.05, 4.69) is 5.32 Å². The molecule has 0 saturated heterocycles. The SMILES string of the molecule is CCCC(CCC)S(=O)(=O)C[C@](N)(C(=O)O)N([C](CCc1cc(F)cc(F)c1)CNCC1CC1)C(=O)OCc1ccccc1. The van der Waals surface area contributed by atoms with E-state index in [0.717, 1.165) is 35.9 Å². The Kier molecular flexibility index (Phi) is 13.1. The Morgan fingerprint density at radius 3 is 2.23 bits per heavy atom. The summed E-state index contributed by atoms with van der Waals surface area (Å²) in [6.07, 6.45) is 2.63. The number of hydrogen-bond acceptors (Lipinski definition) is 7. The first-order valence-corrected chi connectivity index (χ1v) is 16.9. The number of hydrogen-bond donors (Lipinski definition) is 3. The number of carbonyl (C=O) groups excluding carboxylic acids is 1. The average molecular weight is 637 g/mol. The van der Waals surface area contributed by atoms with Crippen molar-refractivity contribution in [3.05, 3.63) is 77.3 Å². The van der Waals surface area contributed by atoms with E-state index in [9.17, 15) is 31.9 Å². The second-order valence-corrected chi connectivity index (χ2v) is 13.8. The third-order valence-corrected chi connectivity index (χ3v) is 10.0. The van der Waals surface area contributed by atoms with Crippen LogP contribution in [0.2, 0.25) is 0 Å². The average Bonchev–Trinajstić information content (AvgIpc) is 3.79. The predicted molar refractivity (Wildman–Crippen MR) is 164 cm³/mol. The highest BCUT2D eigenvalue weighted by Crippen LogP contribution is 2.31. The van der Waals surface area contributed by atoms with Gasteiger partial charge < -0.3 is 15.2 Å². The number of sulfone groups is 1. The summed E-state index contributed by atoms with van der Waals surface area (Å²) in [6.45, 7) is 4.03. The van der Waals surface area contributed by atoms with Gasteiger partial charge in [0.15, 0.2) is 9.84 Å². The minimum Gasteiger partial charge on any atom is -0.478 e. The van der Waals surface area contributed by atoms with E-state index >= 15 is 0 Å². The van der Waals surface area contributed by atoms with Crippen LogP contribution in [0.1, 0.15) is 69.9 Å². The van der Waals surface area contributed by atoms with Crippen molar-refractivity contribution in [1.29, 1.82) is 0 Å². The second kappa shape index (κ2) is 16.3. The van der Waals surface area contributed by atoms with Crippen molar-refractivity contribution in [3.63, 3.8) is 0 Å². The zero-order valence-corrected chi connectivity index (χ0v) is 26.3. The van der Waals surface area contributed by atoms with Crippen LogP contribution >= 0.6 is 0 Å². The molecule has 0 spiro atoms. The monoisotopic (exact) mass is 636 g/mol. The van der Waals surface area contributed by atoms with Crippen molar-refractivity contribution in [3.8, 4) is 0 Å². The van der Waals surface area contributed by atoms with Gasteiger partial charge in [-0.2, -0.15) is 0 Å². The van der Waals surface area contributed by atoms with Crippen LogP contribution in [0.3, 0.4) is 0 Å². The Labute approximate surface area is 259 Å². The summed E-state index contributed by atoms with van der Waals surface area (Å²) >= 11 is 0. The van der Waals surface area contributed by atoms with Crippen molar-refractivity contribution in [2.24, 2.45) is 11.7 Å². The molecule has 1 aliphatic rings. The van der Waals surface area contributed by atoms with Crippen molar-refractivity contribution >= 4 is 21.9 Å². The number of aliphatic carboxylic acids is 1. The Bertz CT molecular complexity index is 1320. The third kappa shape index (κ3) is 10.2. The fraction of sp³-hybridized carbons (Fsp3) is 0.531. The Hall–Kier alpha value is -3.09. The van der Waals surface area contributed by atoms with E-state index in [4.69, 9.17) is 10.5 Å². The molecule has 0 bridgehead atoms. The summed E-state index contributed by atoms with van der Waals surface area (Å²) in [5.41, 5.74) is 4.69. The smallest absolute Gasteiger partial charge is 0.412 e. The number of carboxylic acid groups (broad SMARTS) is 1. The van der Waals surface area contributed by atoms with E-state index < -0.39 is 50.2 Å². The van der Waals surface area contributed by atoms with Gasteiger partial charge in [-0.15, -0.1) is 0 Å². The van der Waals surface area contributed by atoms with Gasteiger partial charge in [-0.3, -0.25) is 10.6 Å². The van der Waals surface area contributed by atoms with Crippen LogP contribution in [0, 0.1) is 23.6 Å². The molecular formula is C32H44F2N3O6S. The minimum atomic E-state index is -4.12. The molecule has 2 aromatic rings. The van der Waals surface area contributed by atoms with Gasteiger partial charge in [-0.25, -0.2) is 26.8 Å². The molecular weight excluding hydrogens is 592 g/mol. The molecule has 1 atom stereocenters. The molecule has 1 aliphatic carbocycles. The molecule has 1 amide bonds. The number of amides is 1. The van der Waals surface area contributed by atoms with Crippen molar-refractivity contribution < 1.29 is 36.6 Å². The normalized spacial score (nSPS) is 14.9. The Balaban J connectivity index is 2.02. The predicted octanol–water partition coefficient (Wildman–Crippen LogP) is 5.19. The summed E-state index contributed by atoms with van der Waals surface area (Å²) in [6, 6.07) is 11.9. The standard InChI is InChI=1S/C32H44F2N3O6S/c1-3-8-29(9-4-2)44(41,42)22-32(35,30(38)39)37(31(40)43-21-24-10-6-5-7-11-24)28(20-36-19-23-12-13-23)15-14-25-16-26(33)18-27(34)17-25/h5-7,10-11,16-18,23,29,36H,3-4,8-9,12-15,19-22,35H2,1-2H3,(H,38,39)/t32-/m1/s1. The molecule has 9 nitrogen and oxygen atoms in total. The number of halogens is 2. The molecule has 243 valence electrons. The molecule has 1 saturated carbocycles. The topological polar surface area (TPSA) is 139 Å². The molecule has 0 aromatic heterocycles. The van der Waals surface area contributed by atoms with Gasteiger partial charge in [0.25, 0.3) is 0 Å². The highest BCUT2D eigenvalue weighted by molar-refractivity contribution is 7.92. The van der Waals surface area contributed by atoms with Crippen LogP contribution in [0.4, 0.5) is 13.6 Å². The maximum Gasteiger partial charge on any atom is 0.412 e. The third-order valence-electron chi connectivity index (χ3n) is 7.71. The van der Waals surface area contributed by atoms with Gasteiger partial charge in [0.2, 0.25) is 5.66 Å². The lowest BCUT2D eigenvalue weighted by Crippen LogP contribution is -2.69. The number of ether oxygens (including phenoxy) is 1. The maximum absolute atomic E-state index is 14.0. The van der Waals surface area contributed by atoms with Gasteiger partial charge in [0.05, 0.1) is 17.0 Å². The highest BCUT2D eigenvalue weighted by atomic mass is 32.2. The number of benzene rings is 2. The lowest BCUT2D eigenvalue weighted by molar-refractivity contribution is -0.149. The second-order valence-electron chi connectivity index (χ2n) is 11.5. The van der Waals surface area contributed by atoms with Crippen LogP contribution in [0.25, 0.3) is 0 Å². The van der Waals surface area contributed by atoms with Gasteiger partial charge in [0, 0.05) is 12.6 Å². The minimum absolute atomic E-state index is 0.0195. The number of aryl methyl sites for hydroxylation is 1. The van der Waals surface area contributed by atoms with E-state index in [1.54, 1.807) is 30.3 Å². The fourth-order valence-electron chi connectivity index (χ4n) is 5.22. The molecule has 1 radical (unpaired) electrons. The zero-order chi connectivity index (χ0) is 32.3. The molecule has 0 aliphatic heterocycles. The molecule has 1 fully saturated rings. The van der Waals surface area contributed by atoms with Crippen LogP contribution < -0.4 is 11.1 Å². The van der Waals surface area contributed by atoms with Crippen LogP contribution in [-0.2, 0) is 32.4 Å². The van der Waals surface area contributed by atoms with Crippen molar-refractivity contribution in [2.45, 2.75) is 82.7 Å². The summed E-state index contributed by atoms with van der Waals surface area (Å²) in [4.78, 5) is 27.5. The first kappa shape index (κ1) is 35.4. The summed E-state index contributed by atoms with van der Waals surface area (Å²) in [7, 11) is -4.12. The molecule has 3 rings (SSSR count). The summed E-state index contributed by atoms with van der Waals surface area (Å²) < 4.78 is 60.9. The quantitative estimate of drug-likeness (QED) is 0.179. The number of carboxylic acids is 1. The van der Waals surface area contributed by atoms with Crippen LogP contribution in [-0.4, -0.2) is 60.2 Å². The molecule has 0 unspecified atom stereocenters. The summed E-state index contributed by atoms with van der Waals surface area (Å²) in [5, 5.41) is 12.9. The first-order valence-electron chi connectivity index (χ1n) is 15.1. The molecule has 4 N–H and O–H groups in total. The largest absolute Gasteiger partial charge is 0.478 e. The van der Waals surface area contributed by atoms with E-state index in [0.29, 0.717) is 43.7 Å². The molecule has 12 heteroatoms. The number of nitrogens with two attached hydrogens (primary N) is 1. The lowest BCUT2D eigenvalue weighted by Gasteiger charge is -2.41. The summed E-state index contributed by atoms with van der Waals surface area (Å²) in [5.74, 6) is -3.90. The molecule has 44 heavy (non-hydrogen) atoms. The zero-order valence-electron chi connectivity index (χ0n) is 25.4. The Morgan fingerprint density at radius 2 is 1.68 bits per heavy atom.